The zero-order valence-corrected chi connectivity index (χ0v) is 13.7. The van der Waals surface area contributed by atoms with Crippen molar-refractivity contribution >= 4 is 5.96 Å². The van der Waals surface area contributed by atoms with Crippen LogP contribution >= 0.6 is 0 Å². The zero-order chi connectivity index (χ0) is 15.8. The summed E-state index contributed by atoms with van der Waals surface area (Å²) < 4.78 is 7.13. The van der Waals surface area contributed by atoms with Crippen LogP contribution in [-0.4, -0.2) is 72.1 Å². The molecular weight excluding hydrogens is 282 g/mol. The van der Waals surface area contributed by atoms with Gasteiger partial charge in [-0.1, -0.05) is 6.92 Å². The largest absolute Gasteiger partial charge is 0.379 e. The first-order valence-corrected chi connectivity index (χ1v) is 7.76. The predicted molar refractivity (Wildman–Crippen MR) is 85.6 cm³/mol. The number of hydrogen-bond acceptors (Lipinski definition) is 5. The highest BCUT2D eigenvalue weighted by molar-refractivity contribution is 5.79. The minimum atomic E-state index is 0.548. The normalized spacial score (nSPS) is 18.2. The van der Waals surface area contributed by atoms with E-state index in [1.54, 1.807) is 18.1 Å². The SMILES string of the molecule is CN=C(NCc1ncnn1C)NCC(C)CN1CCOCC1. The van der Waals surface area contributed by atoms with Crippen molar-refractivity contribution in [3.63, 3.8) is 0 Å². The first-order chi connectivity index (χ1) is 10.7. The van der Waals surface area contributed by atoms with Gasteiger partial charge in [-0.15, -0.1) is 0 Å². The van der Waals surface area contributed by atoms with Crippen molar-refractivity contribution in [1.29, 1.82) is 0 Å². The molecule has 0 spiro atoms. The lowest BCUT2D eigenvalue weighted by atomic mass is 10.1. The fourth-order valence-electron chi connectivity index (χ4n) is 2.42. The van der Waals surface area contributed by atoms with E-state index in [0.29, 0.717) is 12.5 Å². The molecule has 1 aliphatic heterocycles. The molecule has 1 aromatic rings. The summed E-state index contributed by atoms with van der Waals surface area (Å²) in [6.07, 6.45) is 1.55. The summed E-state index contributed by atoms with van der Waals surface area (Å²) in [4.78, 5) is 10.9. The molecule has 8 nitrogen and oxygen atoms in total. The Labute approximate surface area is 132 Å². The van der Waals surface area contributed by atoms with Crippen LogP contribution in [0.4, 0.5) is 0 Å². The molecule has 0 amide bonds. The molecule has 0 aromatic carbocycles. The maximum Gasteiger partial charge on any atom is 0.191 e. The minimum absolute atomic E-state index is 0.548. The van der Waals surface area contributed by atoms with Crippen LogP contribution in [-0.2, 0) is 18.3 Å². The lowest BCUT2D eigenvalue weighted by molar-refractivity contribution is 0.0320. The topological polar surface area (TPSA) is 79.6 Å². The molecule has 0 saturated carbocycles. The van der Waals surface area contributed by atoms with Gasteiger partial charge in [0.1, 0.15) is 12.2 Å². The van der Waals surface area contributed by atoms with Crippen molar-refractivity contribution in [1.82, 2.24) is 30.3 Å². The van der Waals surface area contributed by atoms with Gasteiger partial charge in [0.15, 0.2) is 5.96 Å². The average Bonchev–Trinajstić information content (AvgIpc) is 2.94. The van der Waals surface area contributed by atoms with E-state index < -0.39 is 0 Å². The Morgan fingerprint density at radius 1 is 1.41 bits per heavy atom. The summed E-state index contributed by atoms with van der Waals surface area (Å²) >= 11 is 0. The number of nitrogens with one attached hydrogen (secondary N) is 2. The van der Waals surface area contributed by atoms with Crippen LogP contribution in [0, 0.1) is 5.92 Å². The number of hydrogen-bond donors (Lipinski definition) is 2. The van der Waals surface area contributed by atoms with Crippen LogP contribution in [0.25, 0.3) is 0 Å². The van der Waals surface area contributed by atoms with Gasteiger partial charge in [0.2, 0.25) is 0 Å². The Morgan fingerprint density at radius 3 is 2.82 bits per heavy atom. The molecule has 0 radical (unpaired) electrons. The predicted octanol–water partition coefficient (Wildman–Crippen LogP) is -0.552. The number of aliphatic imine (C=N–C) groups is 1. The Balaban J connectivity index is 1.68. The van der Waals surface area contributed by atoms with Crippen molar-refractivity contribution in [2.24, 2.45) is 18.0 Å². The Morgan fingerprint density at radius 2 is 2.18 bits per heavy atom. The summed E-state index contributed by atoms with van der Waals surface area (Å²) in [7, 11) is 3.66. The Hall–Kier alpha value is -1.67. The Bertz CT molecular complexity index is 468. The quantitative estimate of drug-likeness (QED) is 0.542. The van der Waals surface area contributed by atoms with Gasteiger partial charge in [0.25, 0.3) is 0 Å². The molecule has 2 N–H and O–H groups in total. The highest BCUT2D eigenvalue weighted by Crippen LogP contribution is 2.02. The third kappa shape index (κ3) is 5.27. The number of guanidine groups is 1. The molecule has 1 unspecified atom stereocenters. The molecular formula is C14H27N7O. The van der Waals surface area contributed by atoms with E-state index in [1.165, 1.54) is 0 Å². The second kappa shape index (κ2) is 8.70. The number of morpholine rings is 1. The molecule has 2 heterocycles. The maximum absolute atomic E-state index is 5.37. The standard InChI is InChI=1S/C14H27N7O/c1-12(10-21-4-6-22-7-5-21)8-16-14(15-2)17-9-13-18-11-19-20(13)3/h11-12H,4-10H2,1-3H3,(H2,15,16,17). The van der Waals surface area contributed by atoms with Crippen molar-refractivity contribution < 1.29 is 4.74 Å². The third-order valence-corrected chi connectivity index (χ3v) is 3.73. The number of nitrogens with zero attached hydrogens (tertiary/aromatic N) is 5. The summed E-state index contributed by atoms with van der Waals surface area (Å²) in [5.41, 5.74) is 0. The zero-order valence-electron chi connectivity index (χ0n) is 13.7. The van der Waals surface area contributed by atoms with Crippen molar-refractivity contribution in [3.8, 4) is 0 Å². The molecule has 0 bridgehead atoms. The molecule has 124 valence electrons. The monoisotopic (exact) mass is 309 g/mol. The highest BCUT2D eigenvalue weighted by atomic mass is 16.5. The number of aryl methyl sites for hydroxylation is 1. The van der Waals surface area contributed by atoms with Crippen molar-refractivity contribution in [2.45, 2.75) is 13.5 Å². The molecule has 1 fully saturated rings. The first-order valence-electron chi connectivity index (χ1n) is 7.76. The summed E-state index contributed by atoms with van der Waals surface area (Å²) in [5.74, 6) is 2.22. The summed E-state index contributed by atoms with van der Waals surface area (Å²) in [6.45, 7) is 8.58. The molecule has 1 aromatic heterocycles. The lowest BCUT2D eigenvalue weighted by Crippen LogP contribution is -2.43. The average molecular weight is 309 g/mol. The van der Waals surface area contributed by atoms with Gasteiger partial charge in [-0.2, -0.15) is 5.10 Å². The number of ether oxygens (including phenoxy) is 1. The lowest BCUT2D eigenvalue weighted by Gasteiger charge is -2.29. The smallest absolute Gasteiger partial charge is 0.191 e. The highest BCUT2D eigenvalue weighted by Gasteiger charge is 2.14. The van der Waals surface area contributed by atoms with E-state index in [0.717, 1.165) is 51.2 Å². The molecule has 8 heteroatoms. The molecule has 22 heavy (non-hydrogen) atoms. The van der Waals surface area contributed by atoms with Crippen molar-refractivity contribution in [3.05, 3.63) is 12.2 Å². The molecule has 1 saturated heterocycles. The second-order valence-corrected chi connectivity index (χ2v) is 5.62. The van der Waals surface area contributed by atoms with E-state index >= 15 is 0 Å². The molecule has 1 atom stereocenters. The van der Waals surface area contributed by atoms with Crippen LogP contribution in [0.2, 0.25) is 0 Å². The summed E-state index contributed by atoms with van der Waals surface area (Å²) in [6, 6.07) is 0. The van der Waals surface area contributed by atoms with Gasteiger partial charge < -0.3 is 15.4 Å². The second-order valence-electron chi connectivity index (χ2n) is 5.62. The van der Waals surface area contributed by atoms with Gasteiger partial charge >= 0.3 is 0 Å². The maximum atomic E-state index is 5.37. The molecule has 2 rings (SSSR count). The van der Waals surface area contributed by atoms with Crippen LogP contribution in [0.3, 0.4) is 0 Å². The van der Waals surface area contributed by atoms with Gasteiger partial charge in [-0.3, -0.25) is 14.6 Å². The minimum Gasteiger partial charge on any atom is -0.379 e. The van der Waals surface area contributed by atoms with E-state index in [4.69, 9.17) is 4.74 Å². The van der Waals surface area contributed by atoms with Gasteiger partial charge in [0.05, 0.1) is 19.8 Å². The first kappa shape index (κ1) is 16.7. The van der Waals surface area contributed by atoms with E-state index in [9.17, 15) is 0 Å². The van der Waals surface area contributed by atoms with Crippen LogP contribution < -0.4 is 10.6 Å². The Kier molecular flexibility index (Phi) is 6.60. The molecule has 0 aliphatic carbocycles. The van der Waals surface area contributed by atoms with Crippen molar-refractivity contribution in [2.75, 3.05) is 46.4 Å². The third-order valence-electron chi connectivity index (χ3n) is 3.73. The van der Waals surface area contributed by atoms with E-state index in [2.05, 4.69) is 37.5 Å². The van der Waals surface area contributed by atoms with E-state index in [1.807, 2.05) is 7.05 Å². The molecule has 1 aliphatic rings. The van der Waals surface area contributed by atoms with Crippen LogP contribution in [0.15, 0.2) is 11.3 Å². The van der Waals surface area contributed by atoms with E-state index in [-0.39, 0.29) is 0 Å². The van der Waals surface area contributed by atoms with Gasteiger partial charge in [-0.25, -0.2) is 4.98 Å². The number of aromatic nitrogens is 3. The fraction of sp³-hybridized carbons (Fsp3) is 0.786. The van der Waals surface area contributed by atoms with Gasteiger partial charge in [-0.05, 0) is 5.92 Å². The van der Waals surface area contributed by atoms with Crippen LogP contribution in [0.5, 0.6) is 0 Å². The number of rotatable bonds is 6. The fourth-order valence-corrected chi connectivity index (χ4v) is 2.42. The summed E-state index contributed by atoms with van der Waals surface area (Å²) in [5, 5.41) is 10.7. The van der Waals surface area contributed by atoms with Crippen LogP contribution in [0.1, 0.15) is 12.7 Å². The van der Waals surface area contributed by atoms with Gasteiger partial charge in [0, 0.05) is 40.3 Å².